The highest BCUT2D eigenvalue weighted by atomic mass is 14.7. The molecule has 0 aromatic heterocycles. The summed E-state index contributed by atoms with van der Waals surface area (Å²) in [7, 11) is 0. The van der Waals surface area contributed by atoms with Crippen molar-refractivity contribution in [3.8, 4) is 12.3 Å². The Balaban J connectivity index is 3.40. The van der Waals surface area contributed by atoms with E-state index in [0.29, 0.717) is 0 Å². The topological polar surface area (TPSA) is 26.0 Å². The molecule has 0 spiro atoms. The smallest absolute Gasteiger partial charge is 0.0744 e. The van der Waals surface area contributed by atoms with E-state index in [0.717, 1.165) is 12.8 Å². The summed E-state index contributed by atoms with van der Waals surface area (Å²) in [6.07, 6.45) is 9.76. The van der Waals surface area contributed by atoms with Gasteiger partial charge in [0.15, 0.2) is 0 Å². The lowest BCUT2D eigenvalue weighted by atomic mass is 9.97. The molecule has 0 saturated heterocycles. The Kier molecular flexibility index (Phi) is 4.14. The number of hydrogen-bond acceptors (Lipinski definition) is 1. The molecule has 0 aliphatic carbocycles. The number of hydrogen-bond donors (Lipinski definition) is 1. The third-order valence-electron chi connectivity index (χ3n) is 1.63. The average molecular weight is 139 g/mol. The first-order valence-corrected chi connectivity index (χ1v) is 3.89. The summed E-state index contributed by atoms with van der Waals surface area (Å²) in [5, 5.41) is 0. The number of terminal acetylenes is 1. The van der Waals surface area contributed by atoms with Crippen molar-refractivity contribution in [2.45, 2.75) is 45.1 Å². The Morgan fingerprint density at radius 1 is 1.50 bits per heavy atom. The molecule has 0 fully saturated rings. The van der Waals surface area contributed by atoms with Crippen LogP contribution in [0, 0.1) is 12.3 Å². The molecule has 0 rings (SSSR count). The quantitative estimate of drug-likeness (QED) is 0.467. The van der Waals surface area contributed by atoms with E-state index < -0.39 is 0 Å². The van der Waals surface area contributed by atoms with Gasteiger partial charge in [-0.1, -0.05) is 32.1 Å². The van der Waals surface area contributed by atoms with Gasteiger partial charge in [-0.25, -0.2) is 0 Å². The zero-order valence-electron chi connectivity index (χ0n) is 6.98. The highest BCUT2D eigenvalue weighted by molar-refractivity contribution is 5.07. The van der Waals surface area contributed by atoms with Crippen LogP contribution >= 0.6 is 0 Å². The monoisotopic (exact) mass is 139 g/mol. The van der Waals surface area contributed by atoms with Gasteiger partial charge in [0.25, 0.3) is 0 Å². The van der Waals surface area contributed by atoms with Gasteiger partial charge < -0.3 is 5.73 Å². The number of rotatable bonds is 4. The molecule has 0 heterocycles. The van der Waals surface area contributed by atoms with Gasteiger partial charge in [-0.05, 0) is 13.3 Å². The second-order valence-corrected chi connectivity index (χ2v) is 3.02. The molecule has 1 heteroatoms. The first-order valence-electron chi connectivity index (χ1n) is 3.89. The Morgan fingerprint density at radius 2 is 2.10 bits per heavy atom. The molecule has 0 amide bonds. The van der Waals surface area contributed by atoms with Gasteiger partial charge in [0.1, 0.15) is 0 Å². The summed E-state index contributed by atoms with van der Waals surface area (Å²) >= 11 is 0. The summed E-state index contributed by atoms with van der Waals surface area (Å²) in [5.74, 6) is 2.58. The fourth-order valence-electron chi connectivity index (χ4n) is 0.814. The standard InChI is InChI=1S/C9H17N/c1-4-6-7-8-9(3,10)5-2/h2H,4,6-8,10H2,1,3H3. The van der Waals surface area contributed by atoms with Gasteiger partial charge in [-0.2, -0.15) is 0 Å². The fourth-order valence-corrected chi connectivity index (χ4v) is 0.814. The molecule has 0 bridgehead atoms. The van der Waals surface area contributed by atoms with Crippen molar-refractivity contribution in [2.24, 2.45) is 5.73 Å². The van der Waals surface area contributed by atoms with Crippen LogP contribution in [0.1, 0.15) is 39.5 Å². The molecule has 0 aliphatic heterocycles. The maximum atomic E-state index is 5.72. The van der Waals surface area contributed by atoms with Crippen LogP contribution < -0.4 is 5.73 Å². The van der Waals surface area contributed by atoms with Crippen LogP contribution in [-0.4, -0.2) is 5.54 Å². The van der Waals surface area contributed by atoms with Crippen molar-refractivity contribution >= 4 is 0 Å². The van der Waals surface area contributed by atoms with Crippen LogP contribution in [0.3, 0.4) is 0 Å². The van der Waals surface area contributed by atoms with E-state index >= 15 is 0 Å². The second kappa shape index (κ2) is 4.35. The Labute approximate surface area is 64.0 Å². The first kappa shape index (κ1) is 9.52. The SMILES string of the molecule is C#CC(C)(N)CCCCC. The van der Waals surface area contributed by atoms with Gasteiger partial charge in [0, 0.05) is 0 Å². The highest BCUT2D eigenvalue weighted by Gasteiger charge is 2.12. The molecular weight excluding hydrogens is 122 g/mol. The van der Waals surface area contributed by atoms with Crippen molar-refractivity contribution in [2.75, 3.05) is 0 Å². The molecule has 0 aromatic rings. The Bertz CT molecular complexity index is 119. The third kappa shape index (κ3) is 4.40. The molecule has 1 atom stereocenters. The number of nitrogens with two attached hydrogens (primary N) is 1. The van der Waals surface area contributed by atoms with Crippen molar-refractivity contribution < 1.29 is 0 Å². The minimum Gasteiger partial charge on any atom is -0.315 e. The largest absolute Gasteiger partial charge is 0.315 e. The van der Waals surface area contributed by atoms with Crippen molar-refractivity contribution in [1.29, 1.82) is 0 Å². The Hall–Kier alpha value is -0.480. The van der Waals surface area contributed by atoms with E-state index in [1.165, 1.54) is 12.8 Å². The van der Waals surface area contributed by atoms with Gasteiger partial charge in [0.2, 0.25) is 0 Å². The van der Waals surface area contributed by atoms with Gasteiger partial charge in [0.05, 0.1) is 5.54 Å². The molecule has 1 unspecified atom stereocenters. The fraction of sp³-hybridized carbons (Fsp3) is 0.778. The molecule has 0 aromatic carbocycles. The van der Waals surface area contributed by atoms with Crippen molar-refractivity contribution in [1.82, 2.24) is 0 Å². The zero-order valence-corrected chi connectivity index (χ0v) is 6.98. The lowest BCUT2D eigenvalue weighted by Gasteiger charge is -2.16. The molecule has 1 nitrogen and oxygen atoms in total. The number of unbranched alkanes of at least 4 members (excludes halogenated alkanes) is 2. The van der Waals surface area contributed by atoms with Crippen LogP contribution in [0.2, 0.25) is 0 Å². The van der Waals surface area contributed by atoms with E-state index in [2.05, 4.69) is 12.8 Å². The van der Waals surface area contributed by atoms with Crippen LogP contribution in [0.4, 0.5) is 0 Å². The third-order valence-corrected chi connectivity index (χ3v) is 1.63. The molecule has 58 valence electrons. The normalized spacial score (nSPS) is 15.8. The maximum Gasteiger partial charge on any atom is 0.0744 e. The molecule has 10 heavy (non-hydrogen) atoms. The average Bonchev–Trinajstić information content (AvgIpc) is 1.89. The summed E-state index contributed by atoms with van der Waals surface area (Å²) in [6.45, 7) is 4.08. The summed E-state index contributed by atoms with van der Waals surface area (Å²) in [4.78, 5) is 0. The van der Waals surface area contributed by atoms with E-state index in [1.54, 1.807) is 0 Å². The summed E-state index contributed by atoms with van der Waals surface area (Å²) in [5.41, 5.74) is 5.34. The lowest BCUT2D eigenvalue weighted by molar-refractivity contribution is 0.511. The van der Waals surface area contributed by atoms with Crippen molar-refractivity contribution in [3.05, 3.63) is 0 Å². The molecule has 0 saturated carbocycles. The van der Waals surface area contributed by atoms with Crippen LogP contribution in [0.25, 0.3) is 0 Å². The molecule has 2 N–H and O–H groups in total. The Morgan fingerprint density at radius 3 is 2.50 bits per heavy atom. The summed E-state index contributed by atoms with van der Waals surface area (Å²) in [6, 6.07) is 0. The maximum absolute atomic E-state index is 5.72. The van der Waals surface area contributed by atoms with E-state index in [9.17, 15) is 0 Å². The van der Waals surface area contributed by atoms with Gasteiger partial charge in [-0.3, -0.25) is 0 Å². The minimum atomic E-state index is -0.380. The van der Waals surface area contributed by atoms with Gasteiger partial charge >= 0.3 is 0 Å². The molecular formula is C9H17N. The first-order chi connectivity index (χ1) is 4.62. The van der Waals surface area contributed by atoms with Crippen LogP contribution in [0.15, 0.2) is 0 Å². The van der Waals surface area contributed by atoms with Crippen LogP contribution in [0.5, 0.6) is 0 Å². The second-order valence-electron chi connectivity index (χ2n) is 3.02. The summed E-state index contributed by atoms with van der Waals surface area (Å²) < 4.78 is 0. The van der Waals surface area contributed by atoms with Crippen molar-refractivity contribution in [3.63, 3.8) is 0 Å². The molecule has 0 radical (unpaired) electrons. The zero-order chi connectivity index (χ0) is 8.04. The van der Waals surface area contributed by atoms with E-state index in [-0.39, 0.29) is 5.54 Å². The highest BCUT2D eigenvalue weighted by Crippen LogP contribution is 2.09. The lowest BCUT2D eigenvalue weighted by Crippen LogP contribution is -2.33. The predicted octanol–water partition coefficient (Wildman–Crippen LogP) is 1.92. The van der Waals surface area contributed by atoms with Gasteiger partial charge in [-0.15, -0.1) is 6.42 Å². The van der Waals surface area contributed by atoms with E-state index in [4.69, 9.17) is 12.2 Å². The van der Waals surface area contributed by atoms with Crippen LogP contribution in [-0.2, 0) is 0 Å². The minimum absolute atomic E-state index is 0.380. The molecule has 0 aliphatic rings. The van der Waals surface area contributed by atoms with E-state index in [1.807, 2.05) is 6.92 Å². The predicted molar refractivity (Wildman–Crippen MR) is 45.6 cm³/mol.